The average molecular weight is 251 g/mol. The van der Waals surface area contributed by atoms with Gasteiger partial charge in [-0.2, -0.15) is 4.98 Å². The Morgan fingerprint density at radius 2 is 2.17 bits per heavy atom. The van der Waals surface area contributed by atoms with Crippen molar-refractivity contribution in [3.8, 4) is 0 Å². The Balaban J connectivity index is 1.70. The summed E-state index contributed by atoms with van der Waals surface area (Å²) in [7, 11) is 0. The van der Waals surface area contributed by atoms with Crippen molar-refractivity contribution >= 4 is 0 Å². The molecule has 102 valence electrons. The molecule has 1 heterocycles. The Labute approximate surface area is 110 Å². The highest BCUT2D eigenvalue weighted by molar-refractivity contribution is 4.85. The SMILES string of the molecule is Cc1noc(CCNC2CCCC(C)(C)CC2)n1. The number of aryl methyl sites for hydroxylation is 1. The fraction of sp³-hybridized carbons (Fsp3) is 0.857. The number of nitrogens with one attached hydrogen (secondary N) is 1. The zero-order valence-corrected chi connectivity index (χ0v) is 11.8. The predicted octanol–water partition coefficient (Wildman–Crippen LogP) is 2.87. The van der Waals surface area contributed by atoms with E-state index >= 15 is 0 Å². The van der Waals surface area contributed by atoms with Gasteiger partial charge in [-0.25, -0.2) is 0 Å². The molecule has 0 saturated heterocycles. The molecule has 0 aromatic carbocycles. The van der Waals surface area contributed by atoms with E-state index in [1.807, 2.05) is 6.92 Å². The molecule has 0 spiro atoms. The van der Waals surface area contributed by atoms with Crippen LogP contribution >= 0.6 is 0 Å². The van der Waals surface area contributed by atoms with Crippen molar-refractivity contribution in [2.24, 2.45) is 5.41 Å². The molecule has 1 N–H and O–H groups in total. The van der Waals surface area contributed by atoms with Crippen LogP contribution < -0.4 is 5.32 Å². The first-order valence-electron chi connectivity index (χ1n) is 7.08. The van der Waals surface area contributed by atoms with Gasteiger partial charge in [0.25, 0.3) is 0 Å². The Morgan fingerprint density at radius 1 is 1.33 bits per heavy atom. The lowest BCUT2D eigenvalue weighted by Crippen LogP contribution is -2.30. The summed E-state index contributed by atoms with van der Waals surface area (Å²) in [5.74, 6) is 1.47. The fourth-order valence-corrected chi connectivity index (χ4v) is 2.69. The van der Waals surface area contributed by atoms with Crippen LogP contribution in [-0.2, 0) is 6.42 Å². The molecule has 1 aliphatic carbocycles. The van der Waals surface area contributed by atoms with E-state index in [1.165, 1.54) is 32.1 Å². The number of nitrogens with zero attached hydrogens (tertiary/aromatic N) is 2. The van der Waals surface area contributed by atoms with E-state index < -0.39 is 0 Å². The molecule has 1 aliphatic rings. The predicted molar refractivity (Wildman–Crippen MR) is 71.4 cm³/mol. The van der Waals surface area contributed by atoms with E-state index in [1.54, 1.807) is 0 Å². The van der Waals surface area contributed by atoms with Gasteiger partial charge in [-0.1, -0.05) is 25.4 Å². The molecule has 1 atom stereocenters. The van der Waals surface area contributed by atoms with Gasteiger partial charge in [-0.05, 0) is 38.0 Å². The van der Waals surface area contributed by atoms with Crippen LogP contribution in [0.1, 0.15) is 57.7 Å². The summed E-state index contributed by atoms with van der Waals surface area (Å²) in [6.45, 7) is 7.56. The highest BCUT2D eigenvalue weighted by Crippen LogP contribution is 2.33. The molecule has 4 heteroatoms. The minimum Gasteiger partial charge on any atom is -0.339 e. The van der Waals surface area contributed by atoms with E-state index in [-0.39, 0.29) is 0 Å². The summed E-state index contributed by atoms with van der Waals surface area (Å²) in [6.07, 6.45) is 7.44. The lowest BCUT2D eigenvalue weighted by molar-refractivity contribution is 0.309. The van der Waals surface area contributed by atoms with Gasteiger partial charge in [-0.15, -0.1) is 0 Å². The van der Waals surface area contributed by atoms with Gasteiger partial charge in [0.05, 0.1) is 0 Å². The zero-order valence-electron chi connectivity index (χ0n) is 11.8. The van der Waals surface area contributed by atoms with E-state index in [0.29, 0.717) is 11.5 Å². The first kappa shape index (κ1) is 13.5. The number of aromatic nitrogens is 2. The standard InChI is InChI=1S/C14H25N3O/c1-11-16-13(18-17-11)7-10-15-12-5-4-8-14(2,3)9-6-12/h12,15H,4-10H2,1-3H3. The number of rotatable bonds is 4. The van der Waals surface area contributed by atoms with Crippen molar-refractivity contribution in [3.63, 3.8) is 0 Å². The topological polar surface area (TPSA) is 51.0 Å². The van der Waals surface area contributed by atoms with Crippen molar-refractivity contribution in [3.05, 3.63) is 11.7 Å². The van der Waals surface area contributed by atoms with Crippen molar-refractivity contribution in [2.75, 3.05) is 6.54 Å². The van der Waals surface area contributed by atoms with E-state index in [4.69, 9.17) is 4.52 Å². The summed E-state index contributed by atoms with van der Waals surface area (Å²) in [4.78, 5) is 4.22. The molecule has 1 unspecified atom stereocenters. The molecule has 1 aromatic heterocycles. The second kappa shape index (κ2) is 5.83. The first-order valence-corrected chi connectivity index (χ1v) is 7.08. The van der Waals surface area contributed by atoms with Gasteiger partial charge in [-0.3, -0.25) is 0 Å². The highest BCUT2D eigenvalue weighted by atomic mass is 16.5. The van der Waals surface area contributed by atoms with Crippen LogP contribution in [0.15, 0.2) is 4.52 Å². The third kappa shape index (κ3) is 4.09. The largest absolute Gasteiger partial charge is 0.339 e. The second-order valence-corrected chi connectivity index (χ2v) is 6.23. The van der Waals surface area contributed by atoms with Crippen LogP contribution in [0.2, 0.25) is 0 Å². The lowest BCUT2D eigenvalue weighted by atomic mass is 9.85. The third-order valence-electron chi connectivity index (χ3n) is 3.92. The van der Waals surface area contributed by atoms with Gasteiger partial charge in [0.2, 0.25) is 5.89 Å². The molecule has 0 bridgehead atoms. The van der Waals surface area contributed by atoms with Gasteiger partial charge in [0, 0.05) is 19.0 Å². The van der Waals surface area contributed by atoms with Gasteiger partial charge >= 0.3 is 0 Å². The fourth-order valence-electron chi connectivity index (χ4n) is 2.69. The van der Waals surface area contributed by atoms with Crippen LogP contribution in [0.25, 0.3) is 0 Å². The maximum atomic E-state index is 5.11. The minimum absolute atomic E-state index is 0.528. The average Bonchev–Trinajstić information content (AvgIpc) is 2.63. The molecule has 0 radical (unpaired) electrons. The maximum absolute atomic E-state index is 5.11. The van der Waals surface area contributed by atoms with Crippen LogP contribution in [-0.4, -0.2) is 22.7 Å². The molecular weight excluding hydrogens is 226 g/mol. The van der Waals surface area contributed by atoms with Gasteiger partial charge in [0.1, 0.15) is 0 Å². The number of hydrogen-bond donors (Lipinski definition) is 1. The molecule has 0 aliphatic heterocycles. The molecule has 1 saturated carbocycles. The van der Waals surface area contributed by atoms with Crippen LogP contribution in [0, 0.1) is 12.3 Å². The molecule has 0 amide bonds. The monoisotopic (exact) mass is 251 g/mol. The van der Waals surface area contributed by atoms with Crippen molar-refractivity contribution in [1.29, 1.82) is 0 Å². The number of hydrogen-bond acceptors (Lipinski definition) is 4. The molecule has 2 rings (SSSR count). The lowest BCUT2D eigenvalue weighted by Gasteiger charge is -2.22. The molecule has 1 fully saturated rings. The first-order chi connectivity index (χ1) is 8.55. The summed E-state index contributed by atoms with van der Waals surface area (Å²) in [6, 6.07) is 0.663. The smallest absolute Gasteiger partial charge is 0.227 e. The molecule has 1 aromatic rings. The summed E-state index contributed by atoms with van der Waals surface area (Å²) >= 11 is 0. The van der Waals surface area contributed by atoms with Crippen LogP contribution in [0.5, 0.6) is 0 Å². The Morgan fingerprint density at radius 3 is 2.89 bits per heavy atom. The van der Waals surface area contributed by atoms with Crippen molar-refractivity contribution in [2.45, 2.75) is 65.3 Å². The molecule has 4 nitrogen and oxygen atoms in total. The van der Waals surface area contributed by atoms with Crippen molar-refractivity contribution in [1.82, 2.24) is 15.5 Å². The third-order valence-corrected chi connectivity index (χ3v) is 3.92. The summed E-state index contributed by atoms with van der Waals surface area (Å²) < 4.78 is 5.11. The summed E-state index contributed by atoms with van der Waals surface area (Å²) in [5, 5.41) is 7.43. The van der Waals surface area contributed by atoms with Gasteiger partial charge < -0.3 is 9.84 Å². The Hall–Kier alpha value is -0.900. The quantitative estimate of drug-likeness (QED) is 0.836. The normalized spacial score (nSPS) is 23.8. The van der Waals surface area contributed by atoms with Crippen molar-refractivity contribution < 1.29 is 4.52 Å². The Bertz CT molecular complexity index is 373. The van der Waals surface area contributed by atoms with E-state index in [0.717, 1.165) is 24.7 Å². The van der Waals surface area contributed by atoms with E-state index in [2.05, 4.69) is 29.3 Å². The molecule has 18 heavy (non-hydrogen) atoms. The Kier molecular flexibility index (Phi) is 4.38. The van der Waals surface area contributed by atoms with Gasteiger partial charge in [0.15, 0.2) is 5.82 Å². The minimum atomic E-state index is 0.528. The van der Waals surface area contributed by atoms with Crippen LogP contribution in [0.4, 0.5) is 0 Å². The zero-order chi connectivity index (χ0) is 13.0. The van der Waals surface area contributed by atoms with Crippen LogP contribution in [0.3, 0.4) is 0 Å². The maximum Gasteiger partial charge on any atom is 0.227 e. The summed E-state index contributed by atoms with van der Waals surface area (Å²) in [5.41, 5.74) is 0.528. The second-order valence-electron chi connectivity index (χ2n) is 6.23. The van der Waals surface area contributed by atoms with E-state index in [9.17, 15) is 0 Å². The highest BCUT2D eigenvalue weighted by Gasteiger charge is 2.23. The molecular formula is C14H25N3O.